The lowest BCUT2D eigenvalue weighted by atomic mass is 10.1. The van der Waals surface area contributed by atoms with Gasteiger partial charge in [-0.2, -0.15) is 4.72 Å². The van der Waals surface area contributed by atoms with E-state index >= 15 is 0 Å². The fourth-order valence-electron chi connectivity index (χ4n) is 3.47. The molecule has 0 spiro atoms. The summed E-state index contributed by atoms with van der Waals surface area (Å²) in [6.07, 6.45) is 2.20. The molecule has 0 saturated heterocycles. The van der Waals surface area contributed by atoms with Crippen LogP contribution in [0.2, 0.25) is 0 Å². The molecule has 0 saturated carbocycles. The van der Waals surface area contributed by atoms with Crippen molar-refractivity contribution in [1.29, 1.82) is 0 Å². The molecule has 0 aromatic heterocycles. The molecule has 8 nitrogen and oxygen atoms in total. The molecule has 3 aromatic carbocycles. The van der Waals surface area contributed by atoms with Gasteiger partial charge in [0.1, 0.15) is 6.04 Å². The third-order valence-electron chi connectivity index (χ3n) is 5.21. The topological polar surface area (TPSA) is 125 Å². The van der Waals surface area contributed by atoms with E-state index in [4.69, 9.17) is 5.21 Å². The molecule has 0 aliphatic rings. The monoisotopic (exact) mass is 469 g/mol. The van der Waals surface area contributed by atoms with E-state index in [9.17, 15) is 18.0 Å². The molecule has 0 unspecified atom stereocenters. The predicted octanol–water partition coefficient (Wildman–Crippen LogP) is 3.58. The SMILES string of the molecule is O=C(CCCCC[C@H](NS(=O)(=O)c1ccc2ccccc2c1)C(=O)NO)Nc1ccccc1. The summed E-state index contributed by atoms with van der Waals surface area (Å²) in [5.74, 6) is -0.941. The van der Waals surface area contributed by atoms with Crippen LogP contribution >= 0.6 is 0 Å². The van der Waals surface area contributed by atoms with E-state index in [-0.39, 0.29) is 17.2 Å². The van der Waals surface area contributed by atoms with E-state index in [0.717, 1.165) is 16.5 Å². The highest BCUT2D eigenvalue weighted by atomic mass is 32.2. The Kier molecular flexibility index (Phi) is 8.53. The van der Waals surface area contributed by atoms with Gasteiger partial charge in [0.25, 0.3) is 5.91 Å². The fraction of sp³-hybridized carbons (Fsp3) is 0.250. The van der Waals surface area contributed by atoms with Crippen LogP contribution in [-0.2, 0) is 19.6 Å². The van der Waals surface area contributed by atoms with Crippen LogP contribution in [0.5, 0.6) is 0 Å². The summed E-state index contributed by atoms with van der Waals surface area (Å²) >= 11 is 0. The van der Waals surface area contributed by atoms with Crippen molar-refractivity contribution in [2.24, 2.45) is 0 Å². The van der Waals surface area contributed by atoms with Gasteiger partial charge in [0.05, 0.1) is 4.90 Å². The van der Waals surface area contributed by atoms with Crippen LogP contribution in [-0.4, -0.2) is 31.5 Å². The van der Waals surface area contributed by atoms with E-state index in [1.807, 2.05) is 36.4 Å². The van der Waals surface area contributed by atoms with Gasteiger partial charge in [-0.1, -0.05) is 61.4 Å². The third-order valence-corrected chi connectivity index (χ3v) is 6.68. The van der Waals surface area contributed by atoms with Crippen molar-refractivity contribution in [2.45, 2.75) is 43.0 Å². The number of carbonyl (C=O) groups excluding carboxylic acids is 2. The van der Waals surface area contributed by atoms with Crippen LogP contribution in [0, 0.1) is 0 Å². The second-order valence-corrected chi connectivity index (χ2v) is 9.39. The van der Waals surface area contributed by atoms with Crippen molar-refractivity contribution in [3.8, 4) is 0 Å². The number of sulfonamides is 1. The van der Waals surface area contributed by atoms with Gasteiger partial charge in [0.15, 0.2) is 0 Å². The average Bonchev–Trinajstić information content (AvgIpc) is 2.82. The molecular weight excluding hydrogens is 442 g/mol. The number of benzene rings is 3. The molecule has 1 atom stereocenters. The van der Waals surface area contributed by atoms with Gasteiger partial charge in [-0.15, -0.1) is 0 Å². The number of hydrogen-bond donors (Lipinski definition) is 4. The second kappa shape index (κ2) is 11.6. The standard InChI is InChI=1S/C24H27N3O5S/c28-23(25-20-11-3-1-4-12-20)14-6-2-5-13-22(24(29)26-30)27-33(31,32)21-16-15-18-9-7-8-10-19(18)17-21/h1,3-4,7-12,15-17,22,27,30H,2,5-6,13-14H2,(H,25,28)(H,26,29)/t22-/m0/s1. The normalized spacial score (nSPS) is 12.3. The Morgan fingerprint density at radius 2 is 1.55 bits per heavy atom. The van der Waals surface area contributed by atoms with Crippen LogP contribution in [0.4, 0.5) is 5.69 Å². The number of fused-ring (bicyclic) bond motifs is 1. The Hall–Kier alpha value is -3.27. The Labute approximate surface area is 193 Å². The first-order valence-electron chi connectivity index (χ1n) is 10.7. The minimum absolute atomic E-state index is 0.0366. The molecule has 0 bridgehead atoms. The minimum atomic E-state index is -3.98. The van der Waals surface area contributed by atoms with Gasteiger partial charge in [-0.3, -0.25) is 14.8 Å². The summed E-state index contributed by atoms with van der Waals surface area (Å²) in [6.45, 7) is 0. The molecule has 4 N–H and O–H groups in total. The first-order chi connectivity index (χ1) is 15.9. The number of amides is 2. The number of unbranched alkanes of at least 4 members (excludes halogenated alkanes) is 2. The summed E-state index contributed by atoms with van der Waals surface area (Å²) in [5.41, 5.74) is 2.25. The molecule has 174 valence electrons. The van der Waals surface area contributed by atoms with Crippen LogP contribution in [0.25, 0.3) is 10.8 Å². The van der Waals surface area contributed by atoms with E-state index < -0.39 is 22.0 Å². The first-order valence-corrected chi connectivity index (χ1v) is 12.2. The van der Waals surface area contributed by atoms with Crippen molar-refractivity contribution in [3.05, 3.63) is 72.8 Å². The Balaban J connectivity index is 1.52. The Morgan fingerprint density at radius 1 is 0.848 bits per heavy atom. The van der Waals surface area contributed by atoms with Crippen molar-refractivity contribution in [1.82, 2.24) is 10.2 Å². The van der Waals surface area contributed by atoms with Gasteiger partial charge in [-0.25, -0.2) is 13.9 Å². The van der Waals surface area contributed by atoms with E-state index in [1.165, 1.54) is 17.6 Å². The number of rotatable bonds is 11. The summed E-state index contributed by atoms with van der Waals surface area (Å²) < 4.78 is 28.0. The number of carbonyl (C=O) groups is 2. The van der Waals surface area contributed by atoms with Gasteiger partial charge < -0.3 is 5.32 Å². The number of hydroxylamine groups is 1. The summed E-state index contributed by atoms with van der Waals surface area (Å²) in [4.78, 5) is 24.1. The van der Waals surface area contributed by atoms with E-state index in [1.54, 1.807) is 24.3 Å². The van der Waals surface area contributed by atoms with E-state index in [0.29, 0.717) is 25.7 Å². The smallest absolute Gasteiger partial charge is 0.261 e. The highest BCUT2D eigenvalue weighted by molar-refractivity contribution is 7.89. The zero-order chi connectivity index (χ0) is 23.7. The number of nitrogens with one attached hydrogen (secondary N) is 3. The number of para-hydroxylation sites is 1. The second-order valence-electron chi connectivity index (χ2n) is 7.67. The van der Waals surface area contributed by atoms with Crippen molar-refractivity contribution < 1.29 is 23.2 Å². The maximum absolute atomic E-state index is 12.8. The van der Waals surface area contributed by atoms with Gasteiger partial charge in [-0.05, 0) is 47.9 Å². The summed E-state index contributed by atoms with van der Waals surface area (Å²) in [6, 6.07) is 20.1. The Morgan fingerprint density at radius 3 is 2.27 bits per heavy atom. The lowest BCUT2D eigenvalue weighted by molar-refractivity contribution is -0.131. The van der Waals surface area contributed by atoms with Crippen LogP contribution < -0.4 is 15.5 Å². The lowest BCUT2D eigenvalue weighted by Crippen LogP contribution is -2.45. The highest BCUT2D eigenvalue weighted by Gasteiger charge is 2.25. The molecule has 0 radical (unpaired) electrons. The first kappa shape index (κ1) is 24.4. The maximum Gasteiger partial charge on any atom is 0.261 e. The molecule has 3 rings (SSSR count). The Bertz CT molecular complexity index is 1200. The van der Waals surface area contributed by atoms with Gasteiger partial charge in [0.2, 0.25) is 15.9 Å². The average molecular weight is 470 g/mol. The molecule has 2 amide bonds. The minimum Gasteiger partial charge on any atom is -0.326 e. The predicted molar refractivity (Wildman–Crippen MR) is 126 cm³/mol. The summed E-state index contributed by atoms with van der Waals surface area (Å²) in [7, 11) is -3.98. The van der Waals surface area contributed by atoms with Crippen LogP contribution in [0.15, 0.2) is 77.7 Å². The maximum atomic E-state index is 12.8. The quantitative estimate of drug-likeness (QED) is 0.194. The van der Waals surface area contributed by atoms with Gasteiger partial charge in [0, 0.05) is 12.1 Å². The van der Waals surface area contributed by atoms with E-state index in [2.05, 4.69) is 10.0 Å². The van der Waals surface area contributed by atoms with Gasteiger partial charge >= 0.3 is 0 Å². The molecule has 33 heavy (non-hydrogen) atoms. The third kappa shape index (κ3) is 7.11. The van der Waals surface area contributed by atoms with Crippen LogP contribution in [0.1, 0.15) is 32.1 Å². The molecule has 0 fully saturated rings. The zero-order valence-electron chi connectivity index (χ0n) is 18.0. The molecular formula is C24H27N3O5S. The molecule has 9 heteroatoms. The molecule has 0 aliphatic carbocycles. The van der Waals surface area contributed by atoms with Crippen LogP contribution in [0.3, 0.4) is 0 Å². The largest absolute Gasteiger partial charge is 0.326 e. The zero-order valence-corrected chi connectivity index (χ0v) is 18.8. The van der Waals surface area contributed by atoms with Crippen molar-refractivity contribution in [3.63, 3.8) is 0 Å². The fourth-order valence-corrected chi connectivity index (χ4v) is 4.73. The highest BCUT2D eigenvalue weighted by Crippen LogP contribution is 2.20. The van der Waals surface area contributed by atoms with Crippen molar-refractivity contribution in [2.75, 3.05) is 5.32 Å². The lowest BCUT2D eigenvalue weighted by Gasteiger charge is -2.17. The summed E-state index contributed by atoms with van der Waals surface area (Å²) in [5, 5.41) is 13.5. The molecule has 0 heterocycles. The number of hydrogen-bond acceptors (Lipinski definition) is 5. The number of anilines is 1. The van der Waals surface area contributed by atoms with Crippen molar-refractivity contribution >= 4 is 38.3 Å². The molecule has 3 aromatic rings. The molecule has 0 aliphatic heterocycles.